The van der Waals surface area contributed by atoms with E-state index in [1.807, 2.05) is 30.5 Å². The SMILES string of the molecule is COC(=O)[C@H]1CC(c2ccc3ncccc3c2)[C@@H]1c1ccccc1. The van der Waals surface area contributed by atoms with Crippen LogP contribution in [0.25, 0.3) is 10.9 Å². The topological polar surface area (TPSA) is 39.2 Å². The summed E-state index contributed by atoms with van der Waals surface area (Å²) in [5.41, 5.74) is 3.47. The smallest absolute Gasteiger partial charge is 0.309 e. The van der Waals surface area contributed by atoms with Crippen LogP contribution in [0.1, 0.15) is 29.4 Å². The van der Waals surface area contributed by atoms with Crippen LogP contribution in [0.3, 0.4) is 0 Å². The molecule has 1 aliphatic rings. The van der Waals surface area contributed by atoms with E-state index in [0.717, 1.165) is 17.3 Å². The predicted octanol–water partition coefficient (Wildman–Crippen LogP) is 4.30. The van der Waals surface area contributed by atoms with Gasteiger partial charge in [-0.3, -0.25) is 9.78 Å². The molecule has 1 aliphatic carbocycles. The molecule has 3 nitrogen and oxygen atoms in total. The third kappa shape index (κ3) is 2.46. The largest absolute Gasteiger partial charge is 0.469 e. The summed E-state index contributed by atoms with van der Waals surface area (Å²) in [5.74, 6) is 0.337. The average Bonchev–Trinajstić information content (AvgIpc) is 2.61. The van der Waals surface area contributed by atoms with Crippen molar-refractivity contribution in [2.45, 2.75) is 18.3 Å². The fourth-order valence-corrected chi connectivity index (χ4v) is 3.85. The average molecular weight is 317 g/mol. The minimum absolute atomic E-state index is 0.0630. The molecule has 4 rings (SSSR count). The Balaban J connectivity index is 1.72. The summed E-state index contributed by atoms with van der Waals surface area (Å²) >= 11 is 0. The van der Waals surface area contributed by atoms with Gasteiger partial charge in [0.25, 0.3) is 0 Å². The molecule has 3 atom stereocenters. The zero-order chi connectivity index (χ0) is 16.5. The fourth-order valence-electron chi connectivity index (χ4n) is 3.85. The van der Waals surface area contributed by atoms with Gasteiger partial charge in [0, 0.05) is 17.5 Å². The van der Waals surface area contributed by atoms with Crippen molar-refractivity contribution < 1.29 is 9.53 Å². The van der Waals surface area contributed by atoms with Crippen molar-refractivity contribution in [3.05, 3.63) is 78.0 Å². The number of methoxy groups -OCH3 is 1. The second-order valence-corrected chi connectivity index (χ2v) is 6.36. The molecule has 0 radical (unpaired) electrons. The molecule has 1 fully saturated rings. The van der Waals surface area contributed by atoms with Crippen LogP contribution in [0.5, 0.6) is 0 Å². The molecule has 24 heavy (non-hydrogen) atoms. The van der Waals surface area contributed by atoms with Crippen LogP contribution in [0.4, 0.5) is 0 Å². The van der Waals surface area contributed by atoms with Crippen molar-refractivity contribution >= 4 is 16.9 Å². The zero-order valence-corrected chi connectivity index (χ0v) is 13.6. The first-order valence-electron chi connectivity index (χ1n) is 8.25. The number of aromatic nitrogens is 1. The van der Waals surface area contributed by atoms with Crippen molar-refractivity contribution in [3.63, 3.8) is 0 Å². The Hall–Kier alpha value is -2.68. The summed E-state index contributed by atoms with van der Waals surface area (Å²) in [6, 6.07) is 20.7. The van der Waals surface area contributed by atoms with Crippen molar-refractivity contribution in [2.24, 2.45) is 5.92 Å². The first-order valence-corrected chi connectivity index (χ1v) is 8.25. The Labute approximate surface area is 141 Å². The molecule has 0 bridgehead atoms. The van der Waals surface area contributed by atoms with E-state index in [2.05, 4.69) is 41.4 Å². The van der Waals surface area contributed by atoms with Gasteiger partial charge in [-0.1, -0.05) is 42.5 Å². The Kier molecular flexibility index (Phi) is 3.77. The maximum atomic E-state index is 12.1. The summed E-state index contributed by atoms with van der Waals surface area (Å²) in [4.78, 5) is 16.5. The third-order valence-electron chi connectivity index (χ3n) is 5.12. The normalized spacial score (nSPS) is 22.8. The summed E-state index contributed by atoms with van der Waals surface area (Å²) in [6.45, 7) is 0. The van der Waals surface area contributed by atoms with Gasteiger partial charge in [0.1, 0.15) is 0 Å². The van der Waals surface area contributed by atoms with Crippen LogP contribution >= 0.6 is 0 Å². The molecule has 120 valence electrons. The molecule has 0 spiro atoms. The second kappa shape index (κ2) is 6.08. The lowest BCUT2D eigenvalue weighted by atomic mass is 9.59. The van der Waals surface area contributed by atoms with Crippen LogP contribution < -0.4 is 0 Å². The Bertz CT molecular complexity index is 875. The number of hydrogen-bond acceptors (Lipinski definition) is 3. The van der Waals surface area contributed by atoms with E-state index in [0.29, 0.717) is 5.92 Å². The highest BCUT2D eigenvalue weighted by atomic mass is 16.5. The van der Waals surface area contributed by atoms with E-state index >= 15 is 0 Å². The zero-order valence-electron chi connectivity index (χ0n) is 13.6. The number of pyridine rings is 1. The second-order valence-electron chi connectivity index (χ2n) is 6.36. The molecule has 3 heteroatoms. The molecule has 1 saturated carbocycles. The number of nitrogens with zero attached hydrogens (tertiary/aromatic N) is 1. The summed E-state index contributed by atoms with van der Waals surface area (Å²) in [7, 11) is 1.47. The number of esters is 1. The lowest BCUT2D eigenvalue weighted by molar-refractivity contribution is -0.150. The first kappa shape index (κ1) is 14.9. The number of benzene rings is 2. The number of fused-ring (bicyclic) bond motifs is 1. The molecule has 3 aromatic rings. The summed E-state index contributed by atoms with van der Waals surface area (Å²) < 4.78 is 5.01. The van der Waals surface area contributed by atoms with E-state index < -0.39 is 0 Å². The summed E-state index contributed by atoms with van der Waals surface area (Å²) in [6.07, 6.45) is 2.64. The molecule has 2 aromatic carbocycles. The fraction of sp³-hybridized carbons (Fsp3) is 0.238. The van der Waals surface area contributed by atoms with Gasteiger partial charge in [-0.05, 0) is 41.7 Å². The van der Waals surface area contributed by atoms with Gasteiger partial charge in [-0.15, -0.1) is 0 Å². The quantitative estimate of drug-likeness (QED) is 0.676. The molecule has 1 unspecified atom stereocenters. The van der Waals surface area contributed by atoms with Crippen LogP contribution in [-0.2, 0) is 9.53 Å². The van der Waals surface area contributed by atoms with Gasteiger partial charge in [-0.2, -0.15) is 0 Å². The van der Waals surface area contributed by atoms with E-state index in [4.69, 9.17) is 4.74 Å². The predicted molar refractivity (Wildman–Crippen MR) is 93.8 cm³/mol. The van der Waals surface area contributed by atoms with Crippen molar-refractivity contribution in [1.82, 2.24) is 4.98 Å². The lowest BCUT2D eigenvalue weighted by Crippen LogP contribution is -2.39. The van der Waals surface area contributed by atoms with Gasteiger partial charge in [0.2, 0.25) is 0 Å². The van der Waals surface area contributed by atoms with Crippen molar-refractivity contribution in [3.8, 4) is 0 Å². The summed E-state index contributed by atoms with van der Waals surface area (Å²) in [5, 5.41) is 1.14. The standard InChI is InChI=1S/C21H19NO2/c1-24-21(23)18-13-17(20(18)14-6-3-2-4-7-14)15-9-10-19-16(12-15)8-5-11-22-19/h2-12,17-18,20H,13H2,1H3/t17?,18-,20-/m0/s1. The molecule has 0 saturated heterocycles. The Morgan fingerprint density at radius 1 is 1.04 bits per heavy atom. The highest BCUT2D eigenvalue weighted by Crippen LogP contribution is 2.54. The molecule has 0 N–H and O–H groups in total. The maximum Gasteiger partial charge on any atom is 0.309 e. The molecular formula is C21H19NO2. The molecular weight excluding hydrogens is 298 g/mol. The van der Waals surface area contributed by atoms with E-state index in [-0.39, 0.29) is 17.8 Å². The van der Waals surface area contributed by atoms with Gasteiger partial charge >= 0.3 is 5.97 Å². The maximum absolute atomic E-state index is 12.1. The minimum Gasteiger partial charge on any atom is -0.469 e. The van der Waals surface area contributed by atoms with Crippen LogP contribution in [0.15, 0.2) is 66.9 Å². The van der Waals surface area contributed by atoms with E-state index in [1.54, 1.807) is 0 Å². The van der Waals surface area contributed by atoms with Crippen molar-refractivity contribution in [1.29, 1.82) is 0 Å². The molecule has 0 amide bonds. The van der Waals surface area contributed by atoms with E-state index in [1.165, 1.54) is 18.2 Å². The number of carbonyl (C=O) groups excluding carboxylic acids is 1. The van der Waals surface area contributed by atoms with E-state index in [9.17, 15) is 4.79 Å². The number of carbonyl (C=O) groups is 1. The van der Waals surface area contributed by atoms with Gasteiger partial charge in [0.15, 0.2) is 0 Å². The van der Waals surface area contributed by atoms with Crippen LogP contribution in [0.2, 0.25) is 0 Å². The Morgan fingerprint density at radius 2 is 1.88 bits per heavy atom. The first-order chi connectivity index (χ1) is 11.8. The number of hydrogen-bond donors (Lipinski definition) is 0. The van der Waals surface area contributed by atoms with Gasteiger partial charge < -0.3 is 4.74 Å². The molecule has 1 aromatic heterocycles. The Morgan fingerprint density at radius 3 is 2.67 bits per heavy atom. The number of rotatable bonds is 3. The molecule has 0 aliphatic heterocycles. The molecule has 1 heterocycles. The van der Waals surface area contributed by atoms with Crippen LogP contribution in [0, 0.1) is 5.92 Å². The highest BCUT2D eigenvalue weighted by Gasteiger charge is 2.47. The van der Waals surface area contributed by atoms with Crippen molar-refractivity contribution in [2.75, 3.05) is 7.11 Å². The number of ether oxygens (including phenoxy) is 1. The minimum atomic E-state index is -0.109. The monoisotopic (exact) mass is 317 g/mol. The van der Waals surface area contributed by atoms with Crippen LogP contribution in [-0.4, -0.2) is 18.1 Å². The van der Waals surface area contributed by atoms with Gasteiger partial charge in [-0.25, -0.2) is 0 Å². The van der Waals surface area contributed by atoms with Gasteiger partial charge in [0.05, 0.1) is 18.5 Å². The highest BCUT2D eigenvalue weighted by molar-refractivity contribution is 5.80. The lowest BCUT2D eigenvalue weighted by Gasteiger charge is -2.43. The third-order valence-corrected chi connectivity index (χ3v) is 5.12.